The standard InChI is InChI=1S/C19H20N2O4S2/c1-3-21-15-11-20(27(24,25)16-9-6-10-26-16)12-19(15,2)17(22)13-7-4-5-8-14(13)18(21)23/h4-10,15H,3,11-12H2,1-2H3/t15-,19+/m1/s1. The molecule has 0 radical (unpaired) electrons. The first-order valence-corrected chi connectivity index (χ1v) is 11.1. The number of carbonyl (C=O) groups is 2. The number of ketones is 1. The van der Waals surface area contributed by atoms with E-state index in [0.29, 0.717) is 17.7 Å². The number of sulfonamides is 1. The third-order valence-electron chi connectivity index (χ3n) is 5.60. The van der Waals surface area contributed by atoms with E-state index >= 15 is 0 Å². The molecule has 2 aromatic rings. The SMILES string of the molecule is CCN1C(=O)c2ccccc2C(=O)[C@@]2(C)CN(S(=O)(=O)c3cccs3)C[C@@H]12. The molecular weight excluding hydrogens is 384 g/mol. The number of fused-ring (bicyclic) bond motifs is 2. The molecule has 1 aromatic heterocycles. The maximum Gasteiger partial charge on any atom is 0.254 e. The van der Waals surface area contributed by atoms with E-state index in [1.807, 2.05) is 6.92 Å². The van der Waals surface area contributed by atoms with Gasteiger partial charge in [-0.1, -0.05) is 24.3 Å². The van der Waals surface area contributed by atoms with Crippen LogP contribution in [0.4, 0.5) is 0 Å². The van der Waals surface area contributed by atoms with Crippen molar-refractivity contribution in [3.63, 3.8) is 0 Å². The average molecular weight is 405 g/mol. The number of benzene rings is 1. The van der Waals surface area contributed by atoms with Crippen LogP contribution in [0.15, 0.2) is 46.0 Å². The van der Waals surface area contributed by atoms with E-state index in [-0.39, 0.29) is 29.0 Å². The highest BCUT2D eigenvalue weighted by Crippen LogP contribution is 2.43. The molecule has 0 N–H and O–H groups in total. The Labute approximate surface area is 162 Å². The van der Waals surface area contributed by atoms with E-state index in [1.54, 1.807) is 53.6 Å². The maximum absolute atomic E-state index is 13.4. The van der Waals surface area contributed by atoms with Crippen molar-refractivity contribution in [3.05, 3.63) is 52.9 Å². The van der Waals surface area contributed by atoms with Gasteiger partial charge in [0.05, 0.1) is 17.0 Å². The molecule has 1 saturated heterocycles. The van der Waals surface area contributed by atoms with Gasteiger partial charge in [-0.05, 0) is 31.4 Å². The summed E-state index contributed by atoms with van der Waals surface area (Å²) in [6.07, 6.45) is 0. The summed E-state index contributed by atoms with van der Waals surface area (Å²) in [7, 11) is -3.69. The van der Waals surface area contributed by atoms with Crippen molar-refractivity contribution in [2.45, 2.75) is 24.1 Å². The van der Waals surface area contributed by atoms with Gasteiger partial charge in [0.2, 0.25) is 0 Å². The molecule has 0 aliphatic carbocycles. The zero-order valence-corrected chi connectivity index (χ0v) is 16.7. The summed E-state index contributed by atoms with van der Waals surface area (Å²) >= 11 is 1.15. The van der Waals surface area contributed by atoms with Gasteiger partial charge in [-0.3, -0.25) is 9.59 Å². The van der Waals surface area contributed by atoms with Gasteiger partial charge in [0.1, 0.15) is 4.21 Å². The predicted octanol–water partition coefficient (Wildman–Crippen LogP) is 2.49. The Bertz CT molecular complexity index is 1020. The van der Waals surface area contributed by atoms with Gasteiger partial charge in [-0.2, -0.15) is 4.31 Å². The minimum Gasteiger partial charge on any atom is -0.334 e. The Morgan fingerprint density at radius 1 is 1.15 bits per heavy atom. The molecule has 2 aliphatic rings. The predicted molar refractivity (Wildman–Crippen MR) is 102 cm³/mol. The number of likely N-dealkylation sites (N-methyl/N-ethyl adjacent to an activating group) is 1. The van der Waals surface area contributed by atoms with E-state index in [1.165, 1.54) is 4.31 Å². The lowest BCUT2D eigenvalue weighted by Crippen LogP contribution is -2.49. The van der Waals surface area contributed by atoms with Gasteiger partial charge in [-0.15, -0.1) is 11.3 Å². The molecule has 1 amide bonds. The van der Waals surface area contributed by atoms with E-state index in [4.69, 9.17) is 0 Å². The van der Waals surface area contributed by atoms with Gasteiger partial charge in [0, 0.05) is 25.2 Å². The summed E-state index contributed by atoms with van der Waals surface area (Å²) < 4.78 is 27.6. The van der Waals surface area contributed by atoms with Gasteiger partial charge < -0.3 is 4.90 Å². The van der Waals surface area contributed by atoms with Gasteiger partial charge in [0.25, 0.3) is 15.9 Å². The number of thiophene rings is 1. The highest BCUT2D eigenvalue weighted by atomic mass is 32.2. The molecule has 0 spiro atoms. The molecule has 0 unspecified atom stereocenters. The summed E-state index contributed by atoms with van der Waals surface area (Å²) in [5, 5.41) is 1.71. The highest BCUT2D eigenvalue weighted by molar-refractivity contribution is 7.91. The Kier molecular flexibility index (Phi) is 4.25. The van der Waals surface area contributed by atoms with Gasteiger partial charge in [0.15, 0.2) is 5.78 Å². The Morgan fingerprint density at radius 2 is 1.85 bits per heavy atom. The summed E-state index contributed by atoms with van der Waals surface area (Å²) in [4.78, 5) is 28.1. The number of rotatable bonds is 3. The monoisotopic (exact) mass is 404 g/mol. The number of amides is 1. The zero-order valence-electron chi connectivity index (χ0n) is 15.1. The van der Waals surface area contributed by atoms with Crippen LogP contribution >= 0.6 is 11.3 Å². The minimum absolute atomic E-state index is 0.0643. The lowest BCUT2D eigenvalue weighted by molar-refractivity contribution is 0.0560. The molecule has 3 heterocycles. The van der Waals surface area contributed by atoms with Crippen LogP contribution in [0.2, 0.25) is 0 Å². The molecule has 8 heteroatoms. The van der Waals surface area contributed by atoms with Crippen LogP contribution in [0.1, 0.15) is 34.6 Å². The Hall–Kier alpha value is -2.03. The number of Topliss-reactive ketones (excluding diaryl/α,β-unsaturated/α-hetero) is 1. The second kappa shape index (κ2) is 6.25. The molecule has 1 fully saturated rings. The molecule has 6 nitrogen and oxygen atoms in total. The van der Waals surface area contributed by atoms with E-state index in [2.05, 4.69) is 0 Å². The van der Waals surface area contributed by atoms with Gasteiger partial charge in [-0.25, -0.2) is 8.42 Å². The van der Waals surface area contributed by atoms with Crippen LogP contribution in [-0.2, 0) is 10.0 Å². The fourth-order valence-corrected chi connectivity index (χ4v) is 6.85. The minimum atomic E-state index is -3.69. The van der Waals surface area contributed by atoms with Crippen molar-refractivity contribution < 1.29 is 18.0 Å². The summed E-state index contributed by atoms with van der Waals surface area (Å²) in [5.41, 5.74) is -0.211. The lowest BCUT2D eigenvalue weighted by Gasteiger charge is -2.34. The normalized spacial score (nSPS) is 26.0. The fourth-order valence-electron chi connectivity index (χ4n) is 4.15. The maximum atomic E-state index is 13.4. The molecule has 0 saturated carbocycles. The number of hydrogen-bond donors (Lipinski definition) is 0. The van der Waals surface area contributed by atoms with Crippen LogP contribution in [0.3, 0.4) is 0 Å². The second-order valence-corrected chi connectivity index (χ2v) is 10.2. The highest BCUT2D eigenvalue weighted by Gasteiger charge is 2.56. The molecule has 1 aromatic carbocycles. The van der Waals surface area contributed by atoms with E-state index < -0.39 is 21.5 Å². The lowest BCUT2D eigenvalue weighted by atomic mass is 9.78. The van der Waals surface area contributed by atoms with Crippen molar-refractivity contribution in [3.8, 4) is 0 Å². The molecule has 27 heavy (non-hydrogen) atoms. The van der Waals surface area contributed by atoms with Crippen molar-refractivity contribution in [1.29, 1.82) is 0 Å². The first-order chi connectivity index (χ1) is 12.8. The van der Waals surface area contributed by atoms with Crippen molar-refractivity contribution >= 4 is 33.1 Å². The van der Waals surface area contributed by atoms with Crippen molar-refractivity contribution in [2.24, 2.45) is 5.41 Å². The quantitative estimate of drug-likeness (QED) is 0.788. The summed E-state index contributed by atoms with van der Waals surface area (Å²) in [5.74, 6) is -0.387. The van der Waals surface area contributed by atoms with Crippen LogP contribution in [-0.4, -0.2) is 55.0 Å². The Balaban J connectivity index is 1.83. The smallest absolute Gasteiger partial charge is 0.254 e. The second-order valence-electron chi connectivity index (χ2n) is 7.13. The number of carbonyl (C=O) groups excluding carboxylic acids is 2. The number of hydrogen-bond acceptors (Lipinski definition) is 5. The van der Waals surface area contributed by atoms with Crippen LogP contribution < -0.4 is 0 Å². The average Bonchev–Trinajstić information content (AvgIpc) is 3.30. The van der Waals surface area contributed by atoms with E-state index in [0.717, 1.165) is 11.3 Å². The number of nitrogens with zero attached hydrogens (tertiary/aromatic N) is 2. The first kappa shape index (κ1) is 18.3. The molecule has 4 rings (SSSR count). The van der Waals surface area contributed by atoms with Crippen LogP contribution in [0, 0.1) is 5.41 Å². The topological polar surface area (TPSA) is 74.8 Å². The third kappa shape index (κ3) is 2.58. The van der Waals surface area contributed by atoms with E-state index in [9.17, 15) is 18.0 Å². The molecule has 2 aliphatic heterocycles. The molecule has 2 atom stereocenters. The largest absolute Gasteiger partial charge is 0.334 e. The van der Waals surface area contributed by atoms with Crippen LogP contribution in [0.5, 0.6) is 0 Å². The van der Waals surface area contributed by atoms with Crippen molar-refractivity contribution in [2.75, 3.05) is 19.6 Å². The van der Waals surface area contributed by atoms with Crippen molar-refractivity contribution in [1.82, 2.24) is 9.21 Å². The molecule has 0 bridgehead atoms. The van der Waals surface area contributed by atoms with Crippen LogP contribution in [0.25, 0.3) is 0 Å². The zero-order chi connectivity index (χ0) is 19.4. The fraction of sp³-hybridized carbons (Fsp3) is 0.368. The summed E-state index contributed by atoms with van der Waals surface area (Å²) in [6.45, 7) is 4.23. The third-order valence-corrected chi connectivity index (χ3v) is 8.79. The van der Waals surface area contributed by atoms with Gasteiger partial charge >= 0.3 is 0 Å². The Morgan fingerprint density at radius 3 is 2.48 bits per heavy atom. The molecular formula is C19H20N2O4S2. The molecule has 142 valence electrons. The first-order valence-electron chi connectivity index (χ1n) is 8.79. The summed E-state index contributed by atoms with van der Waals surface area (Å²) in [6, 6.07) is 9.57.